The summed E-state index contributed by atoms with van der Waals surface area (Å²) >= 11 is 0. The Morgan fingerprint density at radius 3 is 1.08 bits per heavy atom. The van der Waals surface area contributed by atoms with E-state index in [-0.39, 0.29) is 0 Å². The summed E-state index contributed by atoms with van der Waals surface area (Å²) in [5.74, 6) is 0.702. The molecule has 8 rings (SSSR count). The highest BCUT2D eigenvalue weighted by Crippen LogP contribution is 2.37. The van der Waals surface area contributed by atoms with Gasteiger partial charge in [0.05, 0.1) is 11.4 Å². The number of hydrogen-bond acceptors (Lipinski definition) is 2. The second-order valence-corrected chi connectivity index (χ2v) is 11.9. The molecule has 0 saturated heterocycles. The van der Waals surface area contributed by atoms with Crippen molar-refractivity contribution in [2.75, 3.05) is 0 Å². The van der Waals surface area contributed by atoms with E-state index in [0.29, 0.717) is 5.82 Å². The van der Waals surface area contributed by atoms with Gasteiger partial charge in [0.2, 0.25) is 0 Å². The molecule has 2 nitrogen and oxygen atoms in total. The maximum atomic E-state index is 5.15. The van der Waals surface area contributed by atoms with Crippen LogP contribution < -0.4 is 0 Å². The summed E-state index contributed by atoms with van der Waals surface area (Å²) in [5, 5.41) is 0. The first-order valence-electron chi connectivity index (χ1n) is 16.2. The first-order chi connectivity index (χ1) is 23.8. The molecule has 0 aliphatic rings. The fraction of sp³-hybridized carbons (Fsp3) is 0. The standard InChI is InChI=1S/C46H32N2/c1-5-16-33(17-6-1)39-29-40(34-18-7-2-8-19-34)31-41(30-39)37-24-15-25-38(28-37)42-26-13-14-27-43(42)46-47-44(35-20-9-3-10-21-35)32-45(48-46)36-22-11-4-12-23-36/h1-32H. The molecule has 2 heteroatoms. The topological polar surface area (TPSA) is 25.8 Å². The average molecular weight is 613 g/mol. The second-order valence-electron chi connectivity index (χ2n) is 11.9. The number of benzene rings is 7. The van der Waals surface area contributed by atoms with Gasteiger partial charge in [-0.1, -0.05) is 164 Å². The zero-order chi connectivity index (χ0) is 32.1. The highest BCUT2D eigenvalue weighted by atomic mass is 14.9. The van der Waals surface area contributed by atoms with E-state index < -0.39 is 0 Å². The van der Waals surface area contributed by atoms with Crippen molar-refractivity contribution < 1.29 is 0 Å². The summed E-state index contributed by atoms with van der Waals surface area (Å²) in [6.45, 7) is 0. The highest BCUT2D eigenvalue weighted by molar-refractivity contribution is 5.86. The predicted octanol–water partition coefficient (Wildman–Crippen LogP) is 12.1. The third-order valence-electron chi connectivity index (χ3n) is 8.69. The lowest BCUT2D eigenvalue weighted by atomic mass is 9.91. The molecule has 0 radical (unpaired) electrons. The summed E-state index contributed by atoms with van der Waals surface area (Å²) in [7, 11) is 0. The molecule has 0 aliphatic carbocycles. The van der Waals surface area contributed by atoms with Crippen LogP contribution in [0.2, 0.25) is 0 Å². The number of hydrogen-bond donors (Lipinski definition) is 0. The van der Waals surface area contributed by atoms with Gasteiger partial charge in [0.25, 0.3) is 0 Å². The molecule has 0 N–H and O–H groups in total. The van der Waals surface area contributed by atoms with E-state index in [9.17, 15) is 0 Å². The summed E-state index contributed by atoms with van der Waals surface area (Å²) in [6.07, 6.45) is 0. The molecule has 226 valence electrons. The number of aromatic nitrogens is 2. The van der Waals surface area contributed by atoms with Crippen LogP contribution in [0.15, 0.2) is 194 Å². The van der Waals surface area contributed by atoms with Crippen LogP contribution >= 0.6 is 0 Å². The van der Waals surface area contributed by atoms with Crippen LogP contribution in [-0.2, 0) is 0 Å². The molecule has 0 amide bonds. The van der Waals surface area contributed by atoms with Gasteiger partial charge in [0.15, 0.2) is 5.82 Å². The highest BCUT2D eigenvalue weighted by Gasteiger charge is 2.15. The monoisotopic (exact) mass is 612 g/mol. The smallest absolute Gasteiger partial charge is 0.161 e. The molecule has 7 aromatic carbocycles. The van der Waals surface area contributed by atoms with Gasteiger partial charge in [-0.05, 0) is 74.8 Å². The normalized spacial score (nSPS) is 10.9. The Morgan fingerprint density at radius 1 is 0.229 bits per heavy atom. The van der Waals surface area contributed by atoms with E-state index >= 15 is 0 Å². The van der Waals surface area contributed by atoms with Crippen LogP contribution in [0.3, 0.4) is 0 Å². The quantitative estimate of drug-likeness (QED) is 0.179. The molecule has 0 unspecified atom stereocenters. The summed E-state index contributed by atoms with van der Waals surface area (Å²) in [4.78, 5) is 10.3. The van der Waals surface area contributed by atoms with Crippen LogP contribution in [0.1, 0.15) is 0 Å². The van der Waals surface area contributed by atoms with Gasteiger partial charge in [0, 0.05) is 16.7 Å². The number of nitrogens with zero attached hydrogens (tertiary/aromatic N) is 2. The van der Waals surface area contributed by atoms with Crippen molar-refractivity contribution >= 4 is 0 Å². The summed E-state index contributed by atoms with van der Waals surface area (Å²) < 4.78 is 0. The molecule has 48 heavy (non-hydrogen) atoms. The zero-order valence-corrected chi connectivity index (χ0v) is 26.4. The largest absolute Gasteiger partial charge is 0.228 e. The van der Waals surface area contributed by atoms with Crippen molar-refractivity contribution in [3.05, 3.63) is 194 Å². The van der Waals surface area contributed by atoms with E-state index in [4.69, 9.17) is 9.97 Å². The number of rotatable bonds is 7. The Morgan fingerprint density at radius 2 is 0.583 bits per heavy atom. The molecule has 1 heterocycles. The van der Waals surface area contributed by atoms with E-state index in [1.54, 1.807) is 0 Å². The molecule has 0 spiro atoms. The third kappa shape index (κ3) is 6.08. The average Bonchev–Trinajstić information content (AvgIpc) is 3.19. The molecular weight excluding hydrogens is 581 g/mol. The van der Waals surface area contributed by atoms with Crippen LogP contribution in [-0.4, -0.2) is 9.97 Å². The molecule has 0 bridgehead atoms. The predicted molar refractivity (Wildman–Crippen MR) is 200 cm³/mol. The van der Waals surface area contributed by atoms with Crippen molar-refractivity contribution in [1.82, 2.24) is 9.97 Å². The van der Waals surface area contributed by atoms with Crippen molar-refractivity contribution in [2.45, 2.75) is 0 Å². The van der Waals surface area contributed by atoms with Crippen molar-refractivity contribution in [2.24, 2.45) is 0 Å². The van der Waals surface area contributed by atoms with Gasteiger partial charge in [-0.25, -0.2) is 9.97 Å². The Kier molecular flexibility index (Phi) is 7.96. The molecule has 0 fully saturated rings. The zero-order valence-electron chi connectivity index (χ0n) is 26.4. The van der Waals surface area contributed by atoms with Gasteiger partial charge in [0.1, 0.15) is 0 Å². The molecule has 8 aromatic rings. The van der Waals surface area contributed by atoms with Crippen molar-refractivity contribution in [3.8, 4) is 78.4 Å². The van der Waals surface area contributed by atoms with Crippen molar-refractivity contribution in [1.29, 1.82) is 0 Å². The van der Waals surface area contributed by atoms with E-state index in [0.717, 1.165) is 44.8 Å². The maximum Gasteiger partial charge on any atom is 0.161 e. The second kappa shape index (κ2) is 13.2. The lowest BCUT2D eigenvalue weighted by Crippen LogP contribution is -1.97. The SMILES string of the molecule is c1ccc(-c2cc(-c3ccccc3)cc(-c3cccc(-c4ccccc4-c4nc(-c5ccccc5)cc(-c5ccccc5)n4)c3)c2)cc1. The van der Waals surface area contributed by atoms with Crippen LogP contribution in [0.25, 0.3) is 78.4 Å². The molecule has 0 aliphatic heterocycles. The van der Waals surface area contributed by atoms with Crippen LogP contribution in [0.4, 0.5) is 0 Å². The Hall–Kier alpha value is -6.38. The summed E-state index contributed by atoms with van der Waals surface area (Å²) in [5.41, 5.74) is 14.2. The van der Waals surface area contributed by atoms with Gasteiger partial charge in [-0.3, -0.25) is 0 Å². The van der Waals surface area contributed by atoms with Gasteiger partial charge in [-0.2, -0.15) is 0 Å². The minimum absolute atomic E-state index is 0.702. The minimum atomic E-state index is 0.702. The van der Waals surface area contributed by atoms with Crippen molar-refractivity contribution in [3.63, 3.8) is 0 Å². The van der Waals surface area contributed by atoms with Crippen LogP contribution in [0, 0.1) is 0 Å². The van der Waals surface area contributed by atoms with E-state index in [1.165, 1.54) is 27.8 Å². The first kappa shape index (κ1) is 29.1. The van der Waals surface area contributed by atoms with Gasteiger partial charge in [-0.15, -0.1) is 0 Å². The van der Waals surface area contributed by atoms with Crippen LogP contribution in [0.5, 0.6) is 0 Å². The summed E-state index contributed by atoms with van der Waals surface area (Å²) in [6, 6.07) is 68.1. The Bertz CT molecular complexity index is 2200. The van der Waals surface area contributed by atoms with Gasteiger partial charge >= 0.3 is 0 Å². The first-order valence-corrected chi connectivity index (χ1v) is 16.2. The maximum absolute atomic E-state index is 5.15. The Labute approximate surface area is 281 Å². The fourth-order valence-electron chi connectivity index (χ4n) is 6.27. The molecule has 1 aromatic heterocycles. The fourth-order valence-corrected chi connectivity index (χ4v) is 6.27. The minimum Gasteiger partial charge on any atom is -0.228 e. The Balaban J connectivity index is 1.26. The lowest BCUT2D eigenvalue weighted by Gasteiger charge is -2.14. The van der Waals surface area contributed by atoms with E-state index in [1.807, 2.05) is 12.1 Å². The third-order valence-corrected chi connectivity index (χ3v) is 8.69. The lowest BCUT2D eigenvalue weighted by molar-refractivity contribution is 1.18. The molecule has 0 atom stereocenters. The van der Waals surface area contributed by atoms with Gasteiger partial charge < -0.3 is 0 Å². The van der Waals surface area contributed by atoms with E-state index in [2.05, 4.69) is 182 Å². The molecular formula is C46H32N2. The molecule has 0 saturated carbocycles.